The van der Waals surface area contributed by atoms with Crippen LogP contribution in [0.25, 0.3) is 0 Å². The third-order valence-electron chi connectivity index (χ3n) is 3.50. The minimum atomic E-state index is 1.32. The van der Waals surface area contributed by atoms with Crippen LogP contribution in [0.1, 0.15) is 131 Å². The smallest absolute Gasteiger partial charge is 0.0533 e. The lowest BCUT2D eigenvalue weighted by atomic mass is 10.0. The van der Waals surface area contributed by atoms with E-state index >= 15 is 0 Å². The maximum atomic E-state index is 2.18. The molecule has 0 aromatic heterocycles. The van der Waals surface area contributed by atoms with Crippen LogP contribution in [0.5, 0.6) is 0 Å². The predicted octanol–water partition coefficient (Wildman–Crippen LogP) is 8.54. The van der Waals surface area contributed by atoms with Gasteiger partial charge in [-0.3, -0.25) is 0 Å². The van der Waals surface area contributed by atoms with Gasteiger partial charge in [-0.25, -0.2) is 0 Å². The number of unbranched alkanes of at least 4 members (excludes halogenated alkanes) is 1. The molecule has 0 aliphatic heterocycles. The van der Waals surface area contributed by atoms with E-state index in [1.807, 2.05) is 27.7 Å². The summed E-state index contributed by atoms with van der Waals surface area (Å²) in [6.45, 7) is 12.4. The summed E-state index contributed by atoms with van der Waals surface area (Å²) in [7, 11) is 0. The van der Waals surface area contributed by atoms with Gasteiger partial charge in [0.2, 0.25) is 0 Å². The Balaban J connectivity index is -0.000000196. The molecule has 0 aromatic rings. The Kier molecular flexibility index (Phi) is 39.2. The molecule has 0 aromatic carbocycles. The first-order valence-corrected chi connectivity index (χ1v) is 9.91. The number of hydrogen-bond donors (Lipinski definition) is 0. The molecule has 2 aliphatic rings. The molecule has 2 rings (SSSR count). The molecule has 0 saturated heterocycles. The highest BCUT2D eigenvalue weighted by Gasteiger charge is 1.96. The zero-order valence-corrected chi connectivity index (χ0v) is 15.9. The van der Waals surface area contributed by atoms with Gasteiger partial charge in [0, 0.05) is 0 Å². The lowest BCUT2D eigenvalue weighted by Gasteiger charge is -2.05. The van der Waals surface area contributed by atoms with Gasteiger partial charge in [-0.2, -0.15) is 0 Å². The molecule has 20 heavy (non-hydrogen) atoms. The molecular weight excluding hydrogens is 240 g/mol. The highest BCUT2D eigenvalue weighted by Crippen LogP contribution is 2.15. The Bertz CT molecular complexity index is 61.6. The number of rotatable bonds is 1. The Morgan fingerprint density at radius 1 is 0.350 bits per heavy atom. The van der Waals surface area contributed by atoms with Gasteiger partial charge in [-0.05, 0) is 0 Å². The molecule has 0 atom stereocenters. The molecule has 0 N–H and O–H groups in total. The van der Waals surface area contributed by atoms with E-state index in [2.05, 4.69) is 13.8 Å². The summed E-state index contributed by atoms with van der Waals surface area (Å²) < 4.78 is 0. The molecule has 126 valence electrons. The van der Waals surface area contributed by atoms with Crippen LogP contribution in [0.4, 0.5) is 0 Å². The summed E-state index contributed by atoms with van der Waals surface area (Å²) in [5.41, 5.74) is 0. The van der Waals surface area contributed by atoms with E-state index in [-0.39, 0.29) is 0 Å². The molecule has 2 aliphatic carbocycles. The van der Waals surface area contributed by atoms with Gasteiger partial charge in [0.05, 0.1) is 0 Å². The molecule has 0 radical (unpaired) electrons. The Labute approximate surface area is 132 Å². The molecule has 0 heteroatoms. The van der Waals surface area contributed by atoms with Crippen LogP contribution in [0.3, 0.4) is 0 Å². The summed E-state index contributed by atoms with van der Waals surface area (Å²) in [6.07, 6.45) is 20.6. The van der Waals surface area contributed by atoms with Crippen molar-refractivity contribution in [1.29, 1.82) is 0 Å². The van der Waals surface area contributed by atoms with Crippen LogP contribution in [0, 0.1) is 0 Å². The van der Waals surface area contributed by atoms with Crippen LogP contribution >= 0.6 is 0 Å². The van der Waals surface area contributed by atoms with Crippen molar-refractivity contribution in [3.05, 3.63) is 0 Å². The highest BCUT2D eigenvalue weighted by molar-refractivity contribution is 4.51. The van der Waals surface area contributed by atoms with Crippen molar-refractivity contribution in [2.45, 2.75) is 131 Å². The summed E-state index contributed by atoms with van der Waals surface area (Å²) in [4.78, 5) is 0. The summed E-state index contributed by atoms with van der Waals surface area (Å²) in [5.74, 6) is 0. The molecule has 0 bridgehead atoms. The third kappa shape index (κ3) is 30.8. The maximum Gasteiger partial charge on any atom is -0.0533 e. The van der Waals surface area contributed by atoms with Gasteiger partial charge in [0.25, 0.3) is 0 Å². The van der Waals surface area contributed by atoms with Crippen molar-refractivity contribution >= 4 is 0 Å². The zero-order valence-electron chi connectivity index (χ0n) is 15.9. The average molecular weight is 287 g/mol. The quantitative estimate of drug-likeness (QED) is 0.453. The van der Waals surface area contributed by atoms with E-state index in [1.54, 1.807) is 0 Å². The molecule has 0 heterocycles. The molecule has 0 nitrogen and oxygen atoms in total. The Morgan fingerprint density at radius 2 is 0.450 bits per heavy atom. The fourth-order valence-corrected chi connectivity index (χ4v) is 2.12. The van der Waals surface area contributed by atoms with Crippen LogP contribution in [0.2, 0.25) is 0 Å². The molecule has 2 fully saturated rings. The second-order valence-electron chi connectivity index (χ2n) is 5.24. The van der Waals surface area contributed by atoms with Crippen molar-refractivity contribution in [1.82, 2.24) is 0 Å². The SMILES string of the molecule is C1CCCCC1.C1CCCCC1.CC.CC.CCCC. The van der Waals surface area contributed by atoms with Gasteiger partial charge in [-0.1, -0.05) is 131 Å². The average Bonchev–Trinajstić information content (AvgIpc) is 2.62. The van der Waals surface area contributed by atoms with Gasteiger partial charge in [-0.15, -0.1) is 0 Å². The number of hydrogen-bond acceptors (Lipinski definition) is 0. The lowest BCUT2D eigenvalue weighted by Crippen LogP contribution is -1.85. The van der Waals surface area contributed by atoms with Crippen molar-refractivity contribution in [3.8, 4) is 0 Å². The molecule has 2 saturated carbocycles. The van der Waals surface area contributed by atoms with Crippen LogP contribution in [-0.2, 0) is 0 Å². The van der Waals surface area contributed by atoms with Crippen molar-refractivity contribution < 1.29 is 0 Å². The topological polar surface area (TPSA) is 0 Å². The summed E-state index contributed by atoms with van der Waals surface area (Å²) in [6, 6.07) is 0. The van der Waals surface area contributed by atoms with Gasteiger partial charge in [0.15, 0.2) is 0 Å². The van der Waals surface area contributed by atoms with E-state index in [1.165, 1.54) is 89.9 Å². The Hall–Kier alpha value is 0. The van der Waals surface area contributed by atoms with E-state index in [0.29, 0.717) is 0 Å². The fourth-order valence-electron chi connectivity index (χ4n) is 2.12. The molecule has 0 spiro atoms. The van der Waals surface area contributed by atoms with E-state index in [4.69, 9.17) is 0 Å². The predicted molar refractivity (Wildman–Crippen MR) is 98.7 cm³/mol. The van der Waals surface area contributed by atoms with E-state index in [0.717, 1.165) is 0 Å². The monoisotopic (exact) mass is 286 g/mol. The minimum absolute atomic E-state index is 1.32. The van der Waals surface area contributed by atoms with E-state index < -0.39 is 0 Å². The fraction of sp³-hybridized carbons (Fsp3) is 1.00. The maximum absolute atomic E-state index is 2.18. The summed E-state index contributed by atoms with van der Waals surface area (Å²) >= 11 is 0. The highest BCUT2D eigenvalue weighted by atomic mass is 14.0. The zero-order chi connectivity index (χ0) is 15.9. The van der Waals surface area contributed by atoms with Crippen LogP contribution in [0.15, 0.2) is 0 Å². The normalized spacial score (nSPS) is 16.5. The first-order valence-electron chi connectivity index (χ1n) is 9.91. The standard InChI is InChI=1S/2C6H12.C4H10.2C2H6/c2*1-2-4-6-5-3-1;1-3-4-2;2*1-2/h2*1-6H2;3-4H2,1-2H3;2*1-2H3. The van der Waals surface area contributed by atoms with Crippen LogP contribution in [-0.4, -0.2) is 0 Å². The van der Waals surface area contributed by atoms with Crippen molar-refractivity contribution in [3.63, 3.8) is 0 Å². The van der Waals surface area contributed by atoms with Crippen molar-refractivity contribution in [2.75, 3.05) is 0 Å². The van der Waals surface area contributed by atoms with Crippen LogP contribution < -0.4 is 0 Å². The van der Waals surface area contributed by atoms with Gasteiger partial charge < -0.3 is 0 Å². The Morgan fingerprint density at radius 3 is 0.500 bits per heavy atom. The molecule has 0 unspecified atom stereocenters. The molecule has 0 amide bonds. The first kappa shape index (κ1) is 25.0. The summed E-state index contributed by atoms with van der Waals surface area (Å²) in [5, 5.41) is 0. The third-order valence-corrected chi connectivity index (χ3v) is 3.50. The second kappa shape index (κ2) is 31.4. The lowest BCUT2D eigenvalue weighted by molar-refractivity contribution is 0.504. The largest absolute Gasteiger partial charge is 0.0683 e. The van der Waals surface area contributed by atoms with Gasteiger partial charge >= 0.3 is 0 Å². The second-order valence-corrected chi connectivity index (χ2v) is 5.24. The first-order chi connectivity index (χ1) is 9.91. The van der Waals surface area contributed by atoms with Gasteiger partial charge in [0.1, 0.15) is 0 Å². The molecular formula is C20H46. The minimum Gasteiger partial charge on any atom is -0.0683 e. The van der Waals surface area contributed by atoms with E-state index in [9.17, 15) is 0 Å². The van der Waals surface area contributed by atoms with Crippen molar-refractivity contribution in [2.24, 2.45) is 0 Å².